The average molecular weight is 475 g/mol. The molecule has 33 heavy (non-hydrogen) atoms. The second kappa shape index (κ2) is 9.66. The number of aryl methyl sites for hydroxylation is 1. The van der Waals surface area contributed by atoms with Gasteiger partial charge in [0.2, 0.25) is 0 Å². The van der Waals surface area contributed by atoms with Crippen LogP contribution in [0, 0.1) is 6.92 Å². The summed E-state index contributed by atoms with van der Waals surface area (Å²) in [5, 5.41) is 0. The van der Waals surface area contributed by atoms with Crippen molar-refractivity contribution in [1.82, 2.24) is 0 Å². The fourth-order valence-electron chi connectivity index (χ4n) is 4.12. The van der Waals surface area contributed by atoms with E-state index in [1.807, 2.05) is 51.1 Å². The molecule has 0 aromatic heterocycles. The Labute approximate surface area is 195 Å². The fourth-order valence-corrected chi connectivity index (χ4v) is 5.03. The molecule has 0 bridgehead atoms. The van der Waals surface area contributed by atoms with Crippen LogP contribution in [0.15, 0.2) is 72.1 Å². The molecule has 2 heterocycles. The lowest BCUT2D eigenvalue weighted by Gasteiger charge is -2.41. The first-order valence-corrected chi connectivity index (χ1v) is 12.3. The van der Waals surface area contributed by atoms with Crippen LogP contribution in [-0.2, 0) is 39.9 Å². The molecule has 0 amide bonds. The van der Waals surface area contributed by atoms with Crippen LogP contribution in [0.25, 0.3) is 0 Å². The van der Waals surface area contributed by atoms with Gasteiger partial charge >= 0.3 is 0 Å². The molecule has 2 aromatic rings. The van der Waals surface area contributed by atoms with Gasteiger partial charge in [-0.1, -0.05) is 54.1 Å². The minimum atomic E-state index is -3.97. The van der Waals surface area contributed by atoms with E-state index in [2.05, 4.69) is 6.58 Å². The Kier molecular flexibility index (Phi) is 7.04. The Morgan fingerprint density at radius 2 is 1.70 bits per heavy atom. The second-order valence-electron chi connectivity index (χ2n) is 8.75. The van der Waals surface area contributed by atoms with Gasteiger partial charge in [-0.2, -0.15) is 8.42 Å². The Balaban J connectivity index is 1.54. The van der Waals surface area contributed by atoms with Crippen molar-refractivity contribution in [3.63, 3.8) is 0 Å². The number of hydrogen-bond donors (Lipinski definition) is 0. The molecule has 2 saturated heterocycles. The molecule has 0 N–H and O–H groups in total. The van der Waals surface area contributed by atoms with Crippen LogP contribution < -0.4 is 0 Å². The van der Waals surface area contributed by atoms with Crippen molar-refractivity contribution >= 4 is 10.1 Å². The van der Waals surface area contributed by atoms with Gasteiger partial charge in [0.15, 0.2) is 5.79 Å². The van der Waals surface area contributed by atoms with Gasteiger partial charge < -0.3 is 18.9 Å². The number of hydrogen-bond acceptors (Lipinski definition) is 7. The number of rotatable bonds is 8. The van der Waals surface area contributed by atoms with E-state index < -0.39 is 46.4 Å². The van der Waals surface area contributed by atoms with E-state index >= 15 is 0 Å². The topological polar surface area (TPSA) is 80.3 Å². The van der Waals surface area contributed by atoms with Gasteiger partial charge in [-0.15, -0.1) is 6.58 Å². The van der Waals surface area contributed by atoms with Crippen molar-refractivity contribution in [2.45, 2.75) is 68.6 Å². The van der Waals surface area contributed by atoms with Crippen molar-refractivity contribution in [2.24, 2.45) is 0 Å². The minimum Gasteiger partial charge on any atom is -0.368 e. The molecular formula is C25H30O7S. The quantitative estimate of drug-likeness (QED) is 0.426. The maximum absolute atomic E-state index is 12.8. The van der Waals surface area contributed by atoms with Crippen molar-refractivity contribution in [3.8, 4) is 0 Å². The third-order valence-corrected chi connectivity index (χ3v) is 7.02. The molecule has 0 unspecified atom stereocenters. The minimum absolute atomic E-state index is 0.0883. The largest absolute Gasteiger partial charge is 0.368 e. The monoisotopic (exact) mass is 474 g/mol. The smallest absolute Gasteiger partial charge is 0.297 e. The lowest BCUT2D eigenvalue weighted by atomic mass is 9.95. The maximum Gasteiger partial charge on any atom is 0.297 e. The maximum atomic E-state index is 12.8. The predicted molar refractivity (Wildman–Crippen MR) is 122 cm³/mol. The first-order valence-electron chi connectivity index (χ1n) is 10.9. The van der Waals surface area contributed by atoms with E-state index in [9.17, 15) is 8.42 Å². The Morgan fingerprint density at radius 3 is 2.36 bits per heavy atom. The first-order chi connectivity index (χ1) is 15.7. The van der Waals surface area contributed by atoms with Crippen molar-refractivity contribution < 1.29 is 31.5 Å². The Bertz CT molecular complexity index is 1050. The zero-order valence-corrected chi connectivity index (χ0v) is 19.9. The van der Waals surface area contributed by atoms with Gasteiger partial charge in [0, 0.05) is 0 Å². The van der Waals surface area contributed by atoms with Gasteiger partial charge in [0.25, 0.3) is 10.1 Å². The highest BCUT2D eigenvalue weighted by Crippen LogP contribution is 2.39. The lowest BCUT2D eigenvalue weighted by molar-refractivity contribution is -0.202. The van der Waals surface area contributed by atoms with Crippen molar-refractivity contribution in [3.05, 3.63) is 78.4 Å². The summed E-state index contributed by atoms with van der Waals surface area (Å²) >= 11 is 0. The van der Waals surface area contributed by atoms with Gasteiger partial charge in [-0.05, 0) is 38.5 Å². The van der Waals surface area contributed by atoms with Crippen molar-refractivity contribution in [2.75, 3.05) is 6.61 Å². The third-order valence-electron chi connectivity index (χ3n) is 5.72. The lowest BCUT2D eigenvalue weighted by Crippen LogP contribution is -2.57. The fraction of sp³-hybridized carbons (Fsp3) is 0.440. The van der Waals surface area contributed by atoms with Gasteiger partial charge in [0.05, 0.1) is 18.1 Å². The molecule has 2 fully saturated rings. The Morgan fingerprint density at radius 1 is 1.03 bits per heavy atom. The predicted octanol–water partition coefficient (Wildman–Crippen LogP) is 3.76. The zero-order chi connectivity index (χ0) is 23.6. The molecule has 8 heteroatoms. The van der Waals surface area contributed by atoms with E-state index in [-0.39, 0.29) is 11.5 Å². The van der Waals surface area contributed by atoms with E-state index in [0.29, 0.717) is 6.61 Å². The molecule has 0 saturated carbocycles. The van der Waals surface area contributed by atoms with E-state index in [1.165, 1.54) is 12.1 Å². The van der Waals surface area contributed by atoms with Crippen LogP contribution >= 0.6 is 0 Å². The summed E-state index contributed by atoms with van der Waals surface area (Å²) in [6, 6.07) is 16.2. The Hall–Kier alpha value is -2.07. The molecule has 7 nitrogen and oxygen atoms in total. The van der Waals surface area contributed by atoms with Gasteiger partial charge in [-0.3, -0.25) is 4.18 Å². The molecular weight excluding hydrogens is 444 g/mol. The molecule has 2 aliphatic heterocycles. The standard InChI is InChI=1S/C25H30O7S/c1-5-20-23-24(32-25(3,4)31-23)22(28-15-18-9-7-6-8-10-18)21(30-20)16-29-33(26,27)19-13-11-17(2)12-14-19/h5-14,20-24H,1,15-16H2,2-4H3/t20-,21-,22-,23-,24+/m1/s1. The van der Waals surface area contributed by atoms with Crippen LogP contribution in [0.2, 0.25) is 0 Å². The second-order valence-corrected chi connectivity index (χ2v) is 10.4. The van der Waals surface area contributed by atoms with Crippen LogP contribution in [0.1, 0.15) is 25.0 Å². The third kappa shape index (κ3) is 5.54. The molecule has 178 valence electrons. The molecule has 2 aromatic carbocycles. The zero-order valence-electron chi connectivity index (χ0n) is 19.0. The normalized spacial score (nSPS) is 28.9. The SMILES string of the molecule is C=C[C@H]1O[C@H](COS(=O)(=O)c2ccc(C)cc2)[C@@H](OCc2ccccc2)[C@@H]2OC(C)(C)O[C@@H]21. The summed E-state index contributed by atoms with van der Waals surface area (Å²) in [7, 11) is -3.97. The summed E-state index contributed by atoms with van der Waals surface area (Å²) in [6.45, 7) is 9.47. The first kappa shape index (κ1) is 24.1. The van der Waals surface area contributed by atoms with E-state index in [1.54, 1.807) is 18.2 Å². The number of fused-ring (bicyclic) bond motifs is 1. The highest BCUT2D eigenvalue weighted by atomic mass is 32.2. The average Bonchev–Trinajstić information content (AvgIpc) is 3.12. The summed E-state index contributed by atoms with van der Waals surface area (Å²) < 4.78 is 55.5. The van der Waals surface area contributed by atoms with Crippen LogP contribution in [0.5, 0.6) is 0 Å². The summed E-state index contributed by atoms with van der Waals surface area (Å²) in [6.07, 6.45) is -1.09. The van der Waals surface area contributed by atoms with Crippen molar-refractivity contribution in [1.29, 1.82) is 0 Å². The number of ether oxygens (including phenoxy) is 4. The highest BCUT2D eigenvalue weighted by Gasteiger charge is 2.55. The molecule has 2 aliphatic rings. The molecule has 0 radical (unpaired) electrons. The summed E-state index contributed by atoms with van der Waals surface area (Å²) in [5.74, 6) is -0.835. The summed E-state index contributed by atoms with van der Waals surface area (Å²) in [4.78, 5) is 0.0883. The summed E-state index contributed by atoms with van der Waals surface area (Å²) in [5.41, 5.74) is 1.94. The number of benzene rings is 2. The van der Waals surface area contributed by atoms with E-state index in [4.69, 9.17) is 23.1 Å². The van der Waals surface area contributed by atoms with Crippen LogP contribution in [0.3, 0.4) is 0 Å². The van der Waals surface area contributed by atoms with E-state index in [0.717, 1.165) is 11.1 Å². The molecule has 0 spiro atoms. The van der Waals surface area contributed by atoms with Crippen LogP contribution in [0.4, 0.5) is 0 Å². The molecule has 5 atom stereocenters. The highest BCUT2D eigenvalue weighted by molar-refractivity contribution is 7.86. The van der Waals surface area contributed by atoms with Crippen LogP contribution in [-0.4, -0.2) is 51.3 Å². The molecule has 4 rings (SSSR count). The molecule has 0 aliphatic carbocycles. The van der Waals surface area contributed by atoms with Gasteiger partial charge in [-0.25, -0.2) is 0 Å². The van der Waals surface area contributed by atoms with Gasteiger partial charge in [0.1, 0.15) is 30.5 Å².